The summed E-state index contributed by atoms with van der Waals surface area (Å²) in [6.45, 7) is 2.91. The van der Waals surface area contributed by atoms with Crippen molar-refractivity contribution in [1.29, 1.82) is 0 Å². The van der Waals surface area contributed by atoms with E-state index in [1.54, 1.807) is 0 Å². The van der Waals surface area contributed by atoms with E-state index in [2.05, 4.69) is 49.4 Å². The molecule has 0 spiro atoms. The summed E-state index contributed by atoms with van der Waals surface area (Å²) in [5, 5.41) is 0. The van der Waals surface area contributed by atoms with Gasteiger partial charge < -0.3 is 21.7 Å². The Balaban J connectivity index is 0.00000220. The van der Waals surface area contributed by atoms with E-state index in [1.165, 1.54) is 30.4 Å². The zero-order valence-electron chi connectivity index (χ0n) is 13.3. The molecule has 1 unspecified atom stereocenters. The Morgan fingerprint density at radius 2 is 1.68 bits per heavy atom. The number of rotatable bonds is 8. The van der Waals surface area contributed by atoms with Crippen molar-refractivity contribution in [3.8, 4) is 0 Å². The van der Waals surface area contributed by atoms with Gasteiger partial charge in [-0.1, -0.05) is 56.5 Å². The van der Waals surface area contributed by atoms with Crippen LogP contribution in [0.2, 0.25) is 0 Å². The van der Waals surface area contributed by atoms with Crippen LogP contribution < -0.4 is 17.0 Å². The normalized spacial score (nSPS) is 11.1. The average molecular weight is 372 g/mol. The van der Waals surface area contributed by atoms with Crippen molar-refractivity contribution in [2.24, 2.45) is 0 Å². The number of benzene rings is 2. The first kappa shape index (κ1) is 21.6. The maximum Gasteiger partial charge on any atom is 2.00 e. The van der Waals surface area contributed by atoms with Crippen molar-refractivity contribution in [2.45, 2.75) is 45.3 Å². The SMILES string of the molecule is CCCCCC(OCc1ccccc1)c1cc[c-]cc1.[Br-].[Mg+2]. The Hall–Kier alpha value is -0.354. The summed E-state index contributed by atoms with van der Waals surface area (Å²) < 4.78 is 6.15. The molecule has 2 aromatic rings. The van der Waals surface area contributed by atoms with Crippen LogP contribution in [0.4, 0.5) is 0 Å². The second-order valence-corrected chi connectivity index (χ2v) is 5.11. The van der Waals surface area contributed by atoms with Gasteiger partial charge in [0.15, 0.2) is 0 Å². The van der Waals surface area contributed by atoms with Crippen LogP contribution in [0.15, 0.2) is 54.6 Å². The Bertz CT molecular complexity index is 475. The van der Waals surface area contributed by atoms with E-state index in [9.17, 15) is 0 Å². The van der Waals surface area contributed by atoms with Gasteiger partial charge in [0.1, 0.15) is 0 Å². The minimum atomic E-state index is 0. The maximum atomic E-state index is 6.15. The first-order chi connectivity index (χ1) is 9.90. The van der Waals surface area contributed by atoms with Gasteiger partial charge in [0.05, 0.1) is 12.7 Å². The van der Waals surface area contributed by atoms with Gasteiger partial charge in [-0.2, -0.15) is 30.3 Å². The van der Waals surface area contributed by atoms with E-state index < -0.39 is 0 Å². The molecular weight excluding hydrogens is 348 g/mol. The molecule has 0 radical (unpaired) electrons. The molecule has 0 bridgehead atoms. The number of halogens is 1. The fourth-order valence-electron chi connectivity index (χ4n) is 2.31. The smallest absolute Gasteiger partial charge is 1.00 e. The summed E-state index contributed by atoms with van der Waals surface area (Å²) in [7, 11) is 0. The quantitative estimate of drug-likeness (QED) is 0.392. The second kappa shape index (κ2) is 13.1. The van der Waals surface area contributed by atoms with Gasteiger partial charge >= 0.3 is 23.1 Å². The second-order valence-electron chi connectivity index (χ2n) is 5.11. The molecule has 0 aliphatic heterocycles. The molecule has 22 heavy (non-hydrogen) atoms. The first-order valence-corrected chi connectivity index (χ1v) is 7.51. The van der Waals surface area contributed by atoms with Crippen LogP contribution in [-0.4, -0.2) is 23.1 Å². The monoisotopic (exact) mass is 370 g/mol. The maximum absolute atomic E-state index is 6.15. The largest absolute Gasteiger partial charge is 2.00 e. The predicted octanol–water partition coefficient (Wildman–Crippen LogP) is 1.95. The molecule has 0 aromatic heterocycles. The molecule has 1 nitrogen and oxygen atoms in total. The molecule has 0 amide bonds. The average Bonchev–Trinajstić information content (AvgIpc) is 2.52. The number of unbranched alkanes of at least 4 members (excludes halogenated alkanes) is 2. The van der Waals surface area contributed by atoms with Crippen LogP contribution in [-0.2, 0) is 11.3 Å². The van der Waals surface area contributed by atoms with Crippen LogP contribution in [0.1, 0.15) is 49.8 Å². The van der Waals surface area contributed by atoms with Gasteiger partial charge in [0, 0.05) is 0 Å². The van der Waals surface area contributed by atoms with E-state index in [0.29, 0.717) is 6.61 Å². The summed E-state index contributed by atoms with van der Waals surface area (Å²) in [5.41, 5.74) is 2.49. The zero-order chi connectivity index (χ0) is 14.0. The van der Waals surface area contributed by atoms with Crippen LogP contribution in [0.5, 0.6) is 0 Å². The molecular formula is C19H23BrMgO. The van der Waals surface area contributed by atoms with E-state index >= 15 is 0 Å². The molecule has 1 atom stereocenters. The third-order valence-corrected chi connectivity index (χ3v) is 3.48. The standard InChI is InChI=1S/C19H23O.BrH.Mg/c1-2-3-6-15-19(18-13-9-5-10-14-18)20-16-17-11-7-4-8-12-17;;/h4,7-14,19H,2-3,6,15-16H2,1H3;1H;/q-1;;+2/p-1. The van der Waals surface area contributed by atoms with Crippen molar-refractivity contribution in [2.75, 3.05) is 0 Å². The van der Waals surface area contributed by atoms with E-state index in [1.807, 2.05) is 18.2 Å². The van der Waals surface area contributed by atoms with Crippen LogP contribution in [0.25, 0.3) is 0 Å². The number of hydrogen-bond acceptors (Lipinski definition) is 1. The Kier molecular flexibility index (Phi) is 12.9. The van der Waals surface area contributed by atoms with Gasteiger partial charge in [-0.15, -0.1) is 5.56 Å². The summed E-state index contributed by atoms with van der Waals surface area (Å²) in [4.78, 5) is 0. The van der Waals surface area contributed by atoms with Crippen molar-refractivity contribution in [3.63, 3.8) is 0 Å². The van der Waals surface area contributed by atoms with Crippen molar-refractivity contribution in [3.05, 3.63) is 71.8 Å². The van der Waals surface area contributed by atoms with Crippen LogP contribution in [0.3, 0.4) is 0 Å². The van der Waals surface area contributed by atoms with E-state index in [0.717, 1.165) is 6.42 Å². The van der Waals surface area contributed by atoms with Crippen LogP contribution >= 0.6 is 0 Å². The first-order valence-electron chi connectivity index (χ1n) is 7.51. The molecule has 0 fully saturated rings. The van der Waals surface area contributed by atoms with Crippen molar-refractivity contribution < 1.29 is 21.7 Å². The number of hydrogen-bond donors (Lipinski definition) is 0. The van der Waals surface area contributed by atoms with E-state index in [4.69, 9.17) is 4.74 Å². The molecule has 0 aliphatic carbocycles. The molecule has 0 saturated carbocycles. The molecule has 0 heterocycles. The Morgan fingerprint density at radius 3 is 2.32 bits per heavy atom. The number of ether oxygens (including phenoxy) is 1. The summed E-state index contributed by atoms with van der Waals surface area (Å²) >= 11 is 0. The summed E-state index contributed by atoms with van der Waals surface area (Å²) in [5.74, 6) is 0. The fraction of sp³-hybridized carbons (Fsp3) is 0.368. The minimum Gasteiger partial charge on any atom is -1.00 e. The fourth-order valence-corrected chi connectivity index (χ4v) is 2.31. The topological polar surface area (TPSA) is 9.23 Å². The molecule has 114 valence electrons. The summed E-state index contributed by atoms with van der Waals surface area (Å²) in [6, 6.07) is 21.6. The van der Waals surface area contributed by atoms with Gasteiger partial charge in [-0.25, -0.2) is 0 Å². The third kappa shape index (κ3) is 7.77. The van der Waals surface area contributed by atoms with Gasteiger partial charge in [-0.05, 0) is 12.0 Å². The van der Waals surface area contributed by atoms with E-state index in [-0.39, 0.29) is 46.1 Å². The van der Waals surface area contributed by atoms with Gasteiger partial charge in [0.2, 0.25) is 0 Å². The Morgan fingerprint density at radius 1 is 1.00 bits per heavy atom. The molecule has 0 aliphatic rings. The van der Waals surface area contributed by atoms with Crippen molar-refractivity contribution in [1.82, 2.24) is 0 Å². The molecule has 0 N–H and O–H groups in total. The summed E-state index contributed by atoms with van der Waals surface area (Å²) in [6.07, 6.45) is 5.01. The predicted molar refractivity (Wildman–Crippen MR) is 89.1 cm³/mol. The Labute approximate surface area is 161 Å². The molecule has 0 saturated heterocycles. The van der Waals surface area contributed by atoms with Gasteiger partial charge in [0.25, 0.3) is 0 Å². The third-order valence-electron chi connectivity index (χ3n) is 3.48. The molecule has 2 aromatic carbocycles. The van der Waals surface area contributed by atoms with Crippen molar-refractivity contribution >= 4 is 23.1 Å². The minimum absolute atomic E-state index is 0. The molecule has 2 rings (SSSR count). The van der Waals surface area contributed by atoms with Crippen LogP contribution in [0, 0.1) is 6.07 Å². The zero-order valence-corrected chi connectivity index (χ0v) is 16.3. The molecule has 3 heteroatoms. The van der Waals surface area contributed by atoms with Gasteiger partial charge in [-0.3, -0.25) is 0 Å².